The summed E-state index contributed by atoms with van der Waals surface area (Å²) >= 11 is 4.39. The average molecular weight is 407 g/mol. The van der Waals surface area contributed by atoms with Gasteiger partial charge in [0.05, 0.1) is 12.8 Å². The molecule has 0 saturated carbocycles. The predicted octanol–water partition coefficient (Wildman–Crippen LogP) is 4.12. The second-order valence-electron chi connectivity index (χ2n) is 6.40. The topological polar surface area (TPSA) is 71.9 Å². The lowest BCUT2D eigenvalue weighted by atomic mass is 10.1. The molecule has 4 aromatic rings. The average Bonchev–Trinajstić information content (AvgIpc) is 3.45. The van der Waals surface area contributed by atoms with Gasteiger partial charge < -0.3 is 9.64 Å². The van der Waals surface area contributed by atoms with Crippen LogP contribution in [0.3, 0.4) is 0 Å². The van der Waals surface area contributed by atoms with E-state index in [9.17, 15) is 0 Å². The van der Waals surface area contributed by atoms with E-state index >= 15 is 0 Å². The molecule has 4 rings (SSSR count). The first kappa shape index (κ1) is 19.1. The monoisotopic (exact) mass is 406 g/mol. The van der Waals surface area contributed by atoms with Crippen LogP contribution in [0, 0.1) is 0 Å². The zero-order chi connectivity index (χ0) is 20.1. The maximum absolute atomic E-state index is 5.28. The fraction of sp³-hybridized carbons (Fsp3) is 0.190. The highest BCUT2D eigenvalue weighted by Gasteiger charge is 2.23. The summed E-state index contributed by atoms with van der Waals surface area (Å²) < 4.78 is 7.03. The Bertz CT molecular complexity index is 1030. The van der Waals surface area contributed by atoms with Gasteiger partial charge in [0.15, 0.2) is 5.82 Å². The van der Waals surface area contributed by atoms with Crippen LogP contribution >= 0.6 is 12.6 Å². The van der Waals surface area contributed by atoms with E-state index < -0.39 is 0 Å². The molecule has 0 amide bonds. The van der Waals surface area contributed by atoms with Crippen LogP contribution in [0.15, 0.2) is 67.3 Å². The Morgan fingerprint density at radius 2 is 1.90 bits per heavy atom. The van der Waals surface area contributed by atoms with Gasteiger partial charge in [0.2, 0.25) is 0 Å². The summed E-state index contributed by atoms with van der Waals surface area (Å²) in [5.41, 5.74) is 3.75. The van der Waals surface area contributed by atoms with E-state index in [1.165, 1.54) is 6.33 Å². The molecule has 0 aliphatic heterocycles. The Balaban J connectivity index is 1.85. The van der Waals surface area contributed by atoms with E-state index in [0.717, 1.165) is 52.9 Å². The molecule has 0 aliphatic carbocycles. The summed E-state index contributed by atoms with van der Waals surface area (Å²) in [6, 6.07) is 18.1. The molecule has 0 fully saturated rings. The second-order valence-corrected chi connectivity index (χ2v) is 6.85. The summed E-state index contributed by atoms with van der Waals surface area (Å²) in [7, 11) is 1.66. The fourth-order valence-electron chi connectivity index (χ4n) is 3.21. The number of benzene rings is 2. The maximum atomic E-state index is 5.28. The van der Waals surface area contributed by atoms with Crippen molar-refractivity contribution >= 4 is 24.1 Å². The van der Waals surface area contributed by atoms with Crippen molar-refractivity contribution in [3.8, 4) is 22.7 Å². The zero-order valence-electron chi connectivity index (χ0n) is 16.1. The third kappa shape index (κ3) is 3.97. The third-order valence-corrected chi connectivity index (χ3v) is 4.93. The van der Waals surface area contributed by atoms with Gasteiger partial charge >= 0.3 is 0 Å². The quantitative estimate of drug-likeness (QED) is 0.431. The highest BCUT2D eigenvalue weighted by Crippen LogP contribution is 2.36. The smallest absolute Gasteiger partial charge is 0.181 e. The molecule has 0 aliphatic rings. The van der Waals surface area contributed by atoms with Gasteiger partial charge in [-0.15, -0.1) is 0 Å². The van der Waals surface area contributed by atoms with Gasteiger partial charge in [-0.05, 0) is 48.6 Å². The van der Waals surface area contributed by atoms with Crippen LogP contribution in [0.5, 0.6) is 5.75 Å². The second kappa shape index (κ2) is 8.83. The molecule has 8 heteroatoms. The van der Waals surface area contributed by atoms with Crippen LogP contribution < -0.4 is 9.64 Å². The maximum Gasteiger partial charge on any atom is 0.181 e. The SMILES string of the molecule is COc1ccc(-c2[nH]nc(N(CCCS)c3ccccc3)c2-n2cncn2)cc1. The molecule has 0 saturated heterocycles. The van der Waals surface area contributed by atoms with Crippen molar-refractivity contribution in [2.45, 2.75) is 6.42 Å². The van der Waals surface area contributed by atoms with Gasteiger partial charge in [0, 0.05) is 17.8 Å². The summed E-state index contributed by atoms with van der Waals surface area (Å²) in [6.07, 6.45) is 4.12. The Morgan fingerprint density at radius 1 is 1.10 bits per heavy atom. The number of aromatic nitrogens is 5. The molecule has 1 N–H and O–H groups in total. The lowest BCUT2D eigenvalue weighted by Crippen LogP contribution is -2.21. The van der Waals surface area contributed by atoms with E-state index in [1.54, 1.807) is 18.1 Å². The standard InChI is InChI=1S/C21H22N6OS/c1-28-18-10-8-16(9-11-18)19-20(27-15-22-14-23-27)21(25-24-19)26(12-5-13-29)17-6-3-2-4-7-17/h2-4,6-11,14-15,29H,5,12-13H2,1H3,(H,24,25). The van der Waals surface area contributed by atoms with Crippen molar-refractivity contribution in [2.75, 3.05) is 24.3 Å². The summed E-state index contributed by atoms with van der Waals surface area (Å²) in [6.45, 7) is 0.780. The number of ether oxygens (including phenoxy) is 1. The molecule has 148 valence electrons. The van der Waals surface area contributed by atoms with Gasteiger partial charge in [0.25, 0.3) is 0 Å². The first-order valence-corrected chi connectivity index (χ1v) is 9.96. The summed E-state index contributed by atoms with van der Waals surface area (Å²) in [5, 5.41) is 12.3. The van der Waals surface area contributed by atoms with Gasteiger partial charge in [-0.2, -0.15) is 22.8 Å². The number of thiol groups is 1. The zero-order valence-corrected chi connectivity index (χ0v) is 17.0. The first-order valence-electron chi connectivity index (χ1n) is 9.33. The van der Waals surface area contributed by atoms with Gasteiger partial charge in [0.1, 0.15) is 24.1 Å². The van der Waals surface area contributed by atoms with Crippen LogP contribution in [-0.2, 0) is 0 Å². The number of para-hydroxylation sites is 1. The molecule has 2 aromatic heterocycles. The molecule has 2 aromatic carbocycles. The van der Waals surface area contributed by atoms with Crippen molar-refractivity contribution < 1.29 is 4.74 Å². The minimum atomic E-state index is 0.780. The highest BCUT2D eigenvalue weighted by molar-refractivity contribution is 7.80. The molecular weight excluding hydrogens is 384 g/mol. The Kier molecular flexibility index (Phi) is 5.81. The van der Waals surface area contributed by atoms with E-state index in [1.807, 2.05) is 42.5 Å². The van der Waals surface area contributed by atoms with E-state index in [-0.39, 0.29) is 0 Å². The molecule has 29 heavy (non-hydrogen) atoms. The predicted molar refractivity (Wildman–Crippen MR) is 117 cm³/mol. The van der Waals surface area contributed by atoms with Gasteiger partial charge in [-0.3, -0.25) is 5.10 Å². The summed E-state index contributed by atoms with van der Waals surface area (Å²) in [4.78, 5) is 6.31. The number of nitrogens with one attached hydrogen (secondary N) is 1. The van der Waals surface area contributed by atoms with Gasteiger partial charge in [-0.25, -0.2) is 9.67 Å². The molecule has 2 heterocycles. The van der Waals surface area contributed by atoms with Crippen molar-refractivity contribution in [1.82, 2.24) is 25.0 Å². The largest absolute Gasteiger partial charge is 0.497 e. The number of H-pyrrole nitrogens is 1. The Labute approximate surface area is 174 Å². The van der Waals surface area contributed by atoms with Crippen molar-refractivity contribution in [3.63, 3.8) is 0 Å². The molecule has 0 radical (unpaired) electrons. The number of anilines is 2. The fourth-order valence-corrected chi connectivity index (χ4v) is 3.35. The van der Waals surface area contributed by atoms with E-state index in [4.69, 9.17) is 4.74 Å². The number of methoxy groups -OCH3 is 1. The lowest BCUT2D eigenvalue weighted by Gasteiger charge is -2.23. The molecule has 0 bridgehead atoms. The molecule has 0 atom stereocenters. The first-order chi connectivity index (χ1) is 14.3. The molecular formula is C21H22N6OS. The van der Waals surface area contributed by atoms with Crippen LogP contribution in [0.1, 0.15) is 6.42 Å². The van der Waals surface area contributed by atoms with E-state index in [2.05, 4.69) is 49.9 Å². The minimum absolute atomic E-state index is 0.780. The summed E-state index contributed by atoms with van der Waals surface area (Å²) in [5.74, 6) is 2.38. The Morgan fingerprint density at radius 3 is 2.55 bits per heavy atom. The van der Waals surface area contributed by atoms with Gasteiger partial charge in [-0.1, -0.05) is 18.2 Å². The van der Waals surface area contributed by atoms with Crippen LogP contribution in [0.4, 0.5) is 11.5 Å². The highest BCUT2D eigenvalue weighted by atomic mass is 32.1. The van der Waals surface area contributed by atoms with E-state index in [0.29, 0.717) is 0 Å². The normalized spacial score (nSPS) is 10.8. The number of hydrogen-bond acceptors (Lipinski definition) is 6. The van der Waals surface area contributed by atoms with Crippen molar-refractivity contribution in [3.05, 3.63) is 67.3 Å². The number of rotatable bonds is 8. The lowest BCUT2D eigenvalue weighted by molar-refractivity contribution is 0.415. The molecule has 7 nitrogen and oxygen atoms in total. The third-order valence-electron chi connectivity index (χ3n) is 4.61. The van der Waals surface area contributed by atoms with Crippen molar-refractivity contribution in [1.29, 1.82) is 0 Å². The van der Waals surface area contributed by atoms with Crippen molar-refractivity contribution in [2.24, 2.45) is 0 Å². The minimum Gasteiger partial charge on any atom is -0.497 e. The van der Waals surface area contributed by atoms with Crippen LogP contribution in [0.25, 0.3) is 16.9 Å². The van der Waals surface area contributed by atoms with Crippen LogP contribution in [-0.4, -0.2) is 44.4 Å². The number of hydrogen-bond donors (Lipinski definition) is 2. The Hall–Kier alpha value is -3.26. The molecule has 0 unspecified atom stereocenters. The number of aromatic amines is 1. The van der Waals surface area contributed by atoms with Crippen LogP contribution in [0.2, 0.25) is 0 Å². The number of nitrogens with zero attached hydrogens (tertiary/aromatic N) is 5. The molecule has 0 spiro atoms.